The summed E-state index contributed by atoms with van der Waals surface area (Å²) in [6, 6.07) is 3.28. The van der Waals surface area contributed by atoms with E-state index in [0.717, 1.165) is 50.9 Å². The third-order valence-corrected chi connectivity index (χ3v) is 5.71. The Morgan fingerprint density at radius 2 is 1.68 bits per heavy atom. The van der Waals surface area contributed by atoms with Crippen molar-refractivity contribution in [2.24, 2.45) is 0 Å². The summed E-state index contributed by atoms with van der Waals surface area (Å²) < 4.78 is 50.5. The number of alkyl halides is 3. The molecular weight excluding hydrogens is 373 g/mol. The maximum Gasteiger partial charge on any atom is 0.416 e. The second-order valence-electron chi connectivity index (χ2n) is 7.67. The van der Waals surface area contributed by atoms with Gasteiger partial charge in [-0.3, -0.25) is 0 Å². The molecule has 2 heterocycles. The number of esters is 1. The SMILES string of the molecule is CN1CCCC1COC(=O)c1cc(C(F)(F)F)ccc1OCC1CCCN1C. The van der Waals surface area contributed by atoms with E-state index in [0.29, 0.717) is 6.61 Å². The second kappa shape index (κ2) is 8.69. The van der Waals surface area contributed by atoms with Gasteiger partial charge < -0.3 is 19.3 Å². The molecule has 156 valence electrons. The first-order valence-corrected chi connectivity index (χ1v) is 9.67. The lowest BCUT2D eigenvalue weighted by Gasteiger charge is -2.22. The molecule has 8 heteroatoms. The van der Waals surface area contributed by atoms with Crippen LogP contribution in [0.1, 0.15) is 41.6 Å². The Bertz CT molecular complexity index is 696. The first kappa shape index (κ1) is 20.9. The zero-order valence-corrected chi connectivity index (χ0v) is 16.3. The fourth-order valence-corrected chi connectivity index (χ4v) is 3.81. The molecule has 0 aromatic heterocycles. The molecule has 1 aromatic carbocycles. The Hall–Kier alpha value is -1.80. The molecule has 2 unspecified atom stereocenters. The van der Waals surface area contributed by atoms with E-state index < -0.39 is 17.7 Å². The molecule has 0 amide bonds. The van der Waals surface area contributed by atoms with Crippen molar-refractivity contribution < 1.29 is 27.4 Å². The molecule has 28 heavy (non-hydrogen) atoms. The lowest BCUT2D eigenvalue weighted by atomic mass is 10.1. The van der Waals surface area contributed by atoms with Crippen LogP contribution in [0.25, 0.3) is 0 Å². The first-order valence-electron chi connectivity index (χ1n) is 9.67. The lowest BCUT2D eigenvalue weighted by Crippen LogP contribution is -2.31. The van der Waals surface area contributed by atoms with Gasteiger partial charge in [0.05, 0.1) is 5.56 Å². The molecule has 0 saturated carbocycles. The predicted octanol–water partition coefficient (Wildman–Crippen LogP) is 3.43. The number of carbonyl (C=O) groups excluding carboxylic acids is 1. The number of rotatable bonds is 6. The highest BCUT2D eigenvalue weighted by Gasteiger charge is 2.33. The number of halogens is 3. The zero-order valence-electron chi connectivity index (χ0n) is 16.3. The fourth-order valence-electron chi connectivity index (χ4n) is 3.81. The molecule has 0 bridgehead atoms. The number of benzene rings is 1. The minimum atomic E-state index is -4.54. The molecule has 0 aliphatic carbocycles. The summed E-state index contributed by atoms with van der Waals surface area (Å²) in [6.45, 7) is 2.38. The minimum Gasteiger partial charge on any atom is -0.491 e. The quantitative estimate of drug-likeness (QED) is 0.685. The number of hydrogen-bond donors (Lipinski definition) is 0. The van der Waals surface area contributed by atoms with Crippen molar-refractivity contribution in [3.05, 3.63) is 29.3 Å². The van der Waals surface area contributed by atoms with Crippen molar-refractivity contribution in [3.8, 4) is 5.75 Å². The average molecular weight is 400 g/mol. The van der Waals surface area contributed by atoms with E-state index >= 15 is 0 Å². The number of ether oxygens (including phenoxy) is 2. The highest BCUT2D eigenvalue weighted by atomic mass is 19.4. The van der Waals surface area contributed by atoms with Crippen LogP contribution >= 0.6 is 0 Å². The van der Waals surface area contributed by atoms with Gasteiger partial charge in [-0.15, -0.1) is 0 Å². The van der Waals surface area contributed by atoms with Crippen molar-refractivity contribution in [1.29, 1.82) is 0 Å². The van der Waals surface area contributed by atoms with Crippen molar-refractivity contribution in [1.82, 2.24) is 9.80 Å². The molecule has 0 spiro atoms. The smallest absolute Gasteiger partial charge is 0.416 e. The highest BCUT2D eigenvalue weighted by Crippen LogP contribution is 2.33. The maximum atomic E-state index is 13.1. The molecule has 2 fully saturated rings. The van der Waals surface area contributed by atoms with Crippen LogP contribution in [0.5, 0.6) is 5.75 Å². The molecule has 1 aromatic rings. The van der Waals surface area contributed by atoms with E-state index in [1.807, 2.05) is 14.1 Å². The number of carbonyl (C=O) groups is 1. The average Bonchev–Trinajstić information content (AvgIpc) is 3.24. The summed E-state index contributed by atoms with van der Waals surface area (Å²) in [6.07, 6.45) is -0.591. The van der Waals surface area contributed by atoms with Crippen LogP contribution in [0.15, 0.2) is 18.2 Å². The Labute approximate surface area is 163 Å². The van der Waals surface area contributed by atoms with Crippen LogP contribution in [0.2, 0.25) is 0 Å². The Morgan fingerprint density at radius 3 is 2.21 bits per heavy atom. The molecule has 5 nitrogen and oxygen atoms in total. The van der Waals surface area contributed by atoms with Crippen molar-refractivity contribution in [3.63, 3.8) is 0 Å². The summed E-state index contributed by atoms with van der Waals surface area (Å²) in [5.41, 5.74) is -1.06. The molecule has 2 saturated heterocycles. The van der Waals surface area contributed by atoms with E-state index in [2.05, 4.69) is 9.80 Å². The predicted molar refractivity (Wildman–Crippen MR) is 98.5 cm³/mol. The Kier molecular flexibility index (Phi) is 6.50. The van der Waals surface area contributed by atoms with Gasteiger partial charge in [-0.25, -0.2) is 4.79 Å². The molecular formula is C20H27F3N2O3. The van der Waals surface area contributed by atoms with Gasteiger partial charge in [0, 0.05) is 12.1 Å². The first-order chi connectivity index (χ1) is 13.3. The van der Waals surface area contributed by atoms with Crippen LogP contribution in [-0.4, -0.2) is 68.3 Å². The topological polar surface area (TPSA) is 42.0 Å². The number of hydrogen-bond acceptors (Lipinski definition) is 5. The van der Waals surface area contributed by atoms with Crippen LogP contribution in [0.4, 0.5) is 13.2 Å². The van der Waals surface area contributed by atoms with E-state index in [-0.39, 0.29) is 30.0 Å². The molecule has 3 rings (SSSR count). The largest absolute Gasteiger partial charge is 0.491 e. The van der Waals surface area contributed by atoms with Gasteiger partial charge in [0.25, 0.3) is 0 Å². The van der Waals surface area contributed by atoms with Crippen LogP contribution in [-0.2, 0) is 10.9 Å². The van der Waals surface area contributed by atoms with E-state index in [1.54, 1.807) is 0 Å². The standard InChI is InChI=1S/C20H27F3N2O3/c1-24-9-3-5-15(24)12-27-18-8-7-14(20(21,22)23)11-17(18)19(26)28-13-16-6-4-10-25(16)2/h7-8,11,15-16H,3-6,9-10,12-13H2,1-2H3. The van der Waals surface area contributed by atoms with E-state index in [4.69, 9.17) is 9.47 Å². The molecule has 0 N–H and O–H groups in total. The summed E-state index contributed by atoms with van der Waals surface area (Å²) in [7, 11) is 3.93. The molecule has 0 radical (unpaired) electrons. The number of likely N-dealkylation sites (N-methyl/N-ethyl adjacent to an activating group) is 2. The van der Waals surface area contributed by atoms with E-state index in [1.165, 1.54) is 6.07 Å². The van der Waals surface area contributed by atoms with Crippen molar-refractivity contribution >= 4 is 5.97 Å². The van der Waals surface area contributed by atoms with Gasteiger partial charge in [0.15, 0.2) is 0 Å². The van der Waals surface area contributed by atoms with Crippen LogP contribution in [0.3, 0.4) is 0 Å². The molecule has 2 aliphatic rings. The summed E-state index contributed by atoms with van der Waals surface area (Å²) in [5, 5.41) is 0. The van der Waals surface area contributed by atoms with Gasteiger partial charge in [-0.05, 0) is 71.1 Å². The number of likely N-dealkylation sites (tertiary alicyclic amines) is 2. The third-order valence-electron chi connectivity index (χ3n) is 5.71. The highest BCUT2D eigenvalue weighted by molar-refractivity contribution is 5.92. The number of nitrogens with zero attached hydrogens (tertiary/aromatic N) is 2. The third kappa shape index (κ3) is 4.97. The normalized spacial score (nSPS) is 23.9. The van der Waals surface area contributed by atoms with Gasteiger partial charge in [-0.2, -0.15) is 13.2 Å². The summed E-state index contributed by atoms with van der Waals surface area (Å²) in [5.74, 6) is -0.640. The van der Waals surface area contributed by atoms with Crippen LogP contribution in [0, 0.1) is 0 Å². The minimum absolute atomic E-state index is 0.103. The monoisotopic (exact) mass is 400 g/mol. The van der Waals surface area contributed by atoms with Gasteiger partial charge in [-0.1, -0.05) is 0 Å². The van der Waals surface area contributed by atoms with Crippen LogP contribution < -0.4 is 4.74 Å². The molecule has 2 atom stereocenters. The summed E-state index contributed by atoms with van der Waals surface area (Å²) in [4.78, 5) is 16.8. The lowest BCUT2D eigenvalue weighted by molar-refractivity contribution is -0.137. The Balaban J connectivity index is 1.73. The van der Waals surface area contributed by atoms with Crippen molar-refractivity contribution in [2.75, 3.05) is 40.4 Å². The summed E-state index contributed by atoms with van der Waals surface area (Å²) >= 11 is 0. The van der Waals surface area contributed by atoms with E-state index in [9.17, 15) is 18.0 Å². The Morgan fingerprint density at radius 1 is 1.07 bits per heavy atom. The fraction of sp³-hybridized carbons (Fsp3) is 0.650. The second-order valence-corrected chi connectivity index (χ2v) is 7.67. The zero-order chi connectivity index (χ0) is 20.3. The van der Waals surface area contributed by atoms with Crippen molar-refractivity contribution in [2.45, 2.75) is 43.9 Å². The van der Waals surface area contributed by atoms with Gasteiger partial charge in [0.2, 0.25) is 0 Å². The van der Waals surface area contributed by atoms with Gasteiger partial charge >= 0.3 is 12.1 Å². The van der Waals surface area contributed by atoms with Gasteiger partial charge in [0.1, 0.15) is 24.5 Å². The maximum absolute atomic E-state index is 13.1. The molecule has 2 aliphatic heterocycles.